The molecule has 30 heteroatoms. The van der Waals surface area contributed by atoms with E-state index in [2.05, 4.69) is 70.7 Å². The summed E-state index contributed by atoms with van der Waals surface area (Å²) in [4.78, 5) is 120. The van der Waals surface area contributed by atoms with Gasteiger partial charge in [0.1, 0.15) is 52.9 Å². The molecule has 7 aromatic rings. The van der Waals surface area contributed by atoms with E-state index in [0.717, 1.165) is 67.4 Å². The number of likely N-dealkylation sites (tertiary alicyclic amines) is 1. The minimum absolute atomic E-state index is 0.000602. The lowest BCUT2D eigenvalue weighted by atomic mass is 9.93. The molecule has 9 saturated heterocycles. The van der Waals surface area contributed by atoms with Gasteiger partial charge in [0.2, 0.25) is 47.3 Å². The summed E-state index contributed by atoms with van der Waals surface area (Å²) in [7, 11) is 0. The molecule has 9 aliphatic heterocycles. The predicted octanol–water partition coefficient (Wildman–Crippen LogP) is 19.4. The number of phenolic OH excluding ortho intramolecular Hbond substituents is 1. The number of ether oxygens (including phenoxy) is 7. The third-order valence-electron chi connectivity index (χ3n) is 26.5. The normalized spacial score (nSPS) is 21.4. The Morgan fingerprint density at radius 3 is 1.11 bits per heavy atom. The van der Waals surface area contributed by atoms with Crippen LogP contribution in [0, 0.1) is 61.9 Å². The summed E-state index contributed by atoms with van der Waals surface area (Å²) < 4.78 is 67.0. The molecule has 0 spiro atoms. The zero-order valence-corrected chi connectivity index (χ0v) is 94.7. The summed E-state index contributed by atoms with van der Waals surface area (Å²) in [5, 5.41) is 15.9. The summed E-state index contributed by atoms with van der Waals surface area (Å²) in [5.41, 5.74) is 4.38. The summed E-state index contributed by atoms with van der Waals surface area (Å²) in [6, 6.07) is 49.2. The molecule has 0 saturated carbocycles. The number of nitrogens with one attached hydrogen (secondary N) is 1. The molecule has 149 heavy (non-hydrogen) atoms. The topological polar surface area (TPSA) is 275 Å². The maximum absolute atomic E-state index is 13.8. The van der Waals surface area contributed by atoms with Gasteiger partial charge in [0.25, 0.3) is 0 Å². The van der Waals surface area contributed by atoms with Crippen LogP contribution in [-0.2, 0) is 77.9 Å². The quantitative estimate of drug-likeness (QED) is 0.129. The number of hydrogen-bond donors (Lipinski definition) is 2. The van der Waals surface area contributed by atoms with Gasteiger partial charge in [-0.25, -0.2) is 13.8 Å². The van der Waals surface area contributed by atoms with Crippen molar-refractivity contribution in [3.63, 3.8) is 0 Å². The molecule has 0 aliphatic carbocycles. The zero-order chi connectivity index (χ0) is 110. The first-order valence-corrected chi connectivity index (χ1v) is 54.3. The summed E-state index contributed by atoms with van der Waals surface area (Å²) in [6.45, 7) is 67.3. The maximum atomic E-state index is 13.8. The van der Waals surface area contributed by atoms with Crippen LogP contribution in [0.5, 0.6) is 5.75 Å². The maximum Gasteiger partial charge on any atom is 0.228 e. The Kier molecular flexibility index (Phi) is 46.1. The number of amides is 8. The van der Waals surface area contributed by atoms with E-state index in [0.29, 0.717) is 130 Å². The third kappa shape index (κ3) is 39.6. The zero-order valence-electron chi connectivity index (χ0n) is 93.9. The summed E-state index contributed by atoms with van der Waals surface area (Å²) in [5.74, 6) is 1.09. The molecule has 16 rings (SSSR count). The van der Waals surface area contributed by atoms with E-state index in [1.54, 1.807) is 69.8 Å². The number of morpholine rings is 7. The third-order valence-corrected chi connectivity index (χ3v) is 27.4. The van der Waals surface area contributed by atoms with Crippen molar-refractivity contribution in [2.45, 2.75) is 248 Å². The molecule has 8 amide bonds. The molecule has 6 aromatic carbocycles. The van der Waals surface area contributed by atoms with Gasteiger partial charge in [-0.05, 0) is 91.0 Å². The van der Waals surface area contributed by atoms with E-state index >= 15 is 0 Å². The molecular formula is C119H175F2N11O16S. The number of benzene rings is 6. The standard InChI is InChI=1S/2C16H23NO2.2C15H20FNO2.C15H28N2O2.C15H22N2O.C15H21NO3.C12H18N2O2S/c1-12-5-7-13(8-6-12)14-11-17(9-10-19-14)15(18)16(2,3)4;1-16(2,3)15(18)17-9-10-19-14(12-17)11-13-7-5-4-6-8-13;1-15(2,3)14(18)17-7-8-19-13(10-17)11-5-4-6-12(16)9-11;1-15(2,3)14(18)17-8-9-19-13(10-17)11-6-4-5-7-12(11)16;1-15(2,3)14(18)17-9-10-19-13(12-17)11-16-7-5-4-6-8-16;1-15(2,3)14(18)17-10-9-16-13(11-17)12-7-5-4-6-8-12;1-15(2,3)14(18)16-7-8-19-13(10-16)11-5-4-6-12(17)9-11;1-12(2,3)11(15)14-5-6-16-9(8-14)10-13-4-7-17-10/h5-8,14H,9-11H2,1-4H3;4-8,14H,9-12H2,1-3H3;4-6,9,13H,7-8,10H2,1-3H3;4-7,13H,8-10H2,1-3H3;13H,4-12H2,1-3H3;4-8,13,16H,9-11H2,1-3H3;4-6,9,13,17H,7-8,10H2,1-3H3;4,7,9H,5-6,8H2,1-3H3. The van der Waals surface area contributed by atoms with Gasteiger partial charge in [0.05, 0.1) is 91.2 Å². The fraction of sp³-hybridized carbons (Fsp3) is 0.605. The van der Waals surface area contributed by atoms with Gasteiger partial charge in [0, 0.05) is 158 Å². The first-order chi connectivity index (χ1) is 69.9. The Labute approximate surface area is 891 Å². The highest BCUT2D eigenvalue weighted by Crippen LogP contribution is 2.36. The van der Waals surface area contributed by atoms with Gasteiger partial charge >= 0.3 is 0 Å². The lowest BCUT2D eigenvalue weighted by molar-refractivity contribution is -0.148. The van der Waals surface area contributed by atoms with Crippen LogP contribution in [-0.4, -0.2) is 291 Å². The Hall–Kier alpha value is -9.99. The molecule has 8 unspecified atom stereocenters. The molecule has 8 atom stereocenters. The summed E-state index contributed by atoms with van der Waals surface area (Å²) in [6.07, 6.45) is 6.08. The molecule has 9 fully saturated rings. The Bertz CT molecular complexity index is 5240. The van der Waals surface area contributed by atoms with Gasteiger partial charge in [-0.15, -0.1) is 11.3 Å². The van der Waals surface area contributed by atoms with Crippen molar-refractivity contribution in [3.05, 3.63) is 225 Å². The van der Waals surface area contributed by atoms with Crippen molar-refractivity contribution in [1.29, 1.82) is 0 Å². The molecule has 9 aliphatic rings. The highest BCUT2D eigenvalue weighted by Gasteiger charge is 2.41. The molecular weight excluding hydrogens is 1910 g/mol. The van der Waals surface area contributed by atoms with Crippen molar-refractivity contribution in [2.24, 2.45) is 43.3 Å². The minimum Gasteiger partial charge on any atom is -0.508 e. The lowest BCUT2D eigenvalue weighted by Crippen LogP contribution is -2.52. The van der Waals surface area contributed by atoms with Gasteiger partial charge in [-0.3, -0.25) is 38.4 Å². The molecule has 0 radical (unpaired) electrons. The van der Waals surface area contributed by atoms with Crippen molar-refractivity contribution in [3.8, 4) is 5.75 Å². The first-order valence-electron chi connectivity index (χ1n) is 53.4. The number of aryl methyl sites for hydroxylation is 1. The van der Waals surface area contributed by atoms with Crippen LogP contribution in [0.2, 0.25) is 0 Å². The van der Waals surface area contributed by atoms with E-state index in [4.69, 9.17) is 33.2 Å². The molecule has 822 valence electrons. The number of rotatable bonds is 10. The molecule has 1 aromatic heterocycles. The van der Waals surface area contributed by atoms with E-state index in [1.165, 1.54) is 67.2 Å². The van der Waals surface area contributed by atoms with Crippen molar-refractivity contribution in [2.75, 3.05) is 177 Å². The average Bonchev–Trinajstić information content (AvgIpc) is 1.77. The Morgan fingerprint density at radius 1 is 0.349 bits per heavy atom. The number of halogens is 2. The van der Waals surface area contributed by atoms with Crippen LogP contribution in [0.1, 0.15) is 266 Å². The number of piperazine rings is 1. The monoisotopic (exact) mass is 2080 g/mol. The van der Waals surface area contributed by atoms with Crippen LogP contribution >= 0.6 is 11.3 Å². The largest absolute Gasteiger partial charge is 0.508 e. The van der Waals surface area contributed by atoms with E-state index in [1.807, 2.05) is 249 Å². The number of nitrogens with zero attached hydrogens (tertiary/aromatic N) is 10. The fourth-order valence-corrected chi connectivity index (χ4v) is 19.1. The average molecular weight is 2090 g/mol. The van der Waals surface area contributed by atoms with Gasteiger partial charge in [-0.2, -0.15) is 0 Å². The smallest absolute Gasteiger partial charge is 0.228 e. The van der Waals surface area contributed by atoms with E-state index < -0.39 is 10.8 Å². The van der Waals surface area contributed by atoms with Crippen LogP contribution in [0.3, 0.4) is 0 Å². The number of carbonyl (C=O) groups is 8. The number of thiazole rings is 1. The Balaban J connectivity index is 0.000000189. The summed E-state index contributed by atoms with van der Waals surface area (Å²) >= 11 is 1.58. The van der Waals surface area contributed by atoms with Crippen molar-refractivity contribution >= 4 is 58.6 Å². The molecule has 0 bridgehead atoms. The fourth-order valence-electron chi connectivity index (χ4n) is 18.4. The second-order valence-corrected chi connectivity index (χ2v) is 49.1. The van der Waals surface area contributed by atoms with Crippen molar-refractivity contribution in [1.82, 2.24) is 54.4 Å². The number of piperidine rings is 1. The number of aromatic hydroxyl groups is 1. The number of phenols is 1. The molecule has 27 nitrogen and oxygen atoms in total. The first kappa shape index (κ1) is 123. The van der Waals surface area contributed by atoms with E-state index in [9.17, 15) is 52.2 Å². The number of carbonyl (C=O) groups excluding carboxylic acids is 8. The Morgan fingerprint density at radius 2 is 0.698 bits per heavy atom. The number of hydrogen-bond acceptors (Lipinski definition) is 20. The highest BCUT2D eigenvalue weighted by molar-refractivity contribution is 7.09. The van der Waals surface area contributed by atoms with Crippen LogP contribution < -0.4 is 5.32 Å². The number of aromatic nitrogens is 1. The molecule has 2 N–H and O–H groups in total. The SMILES string of the molecule is CC(C)(C)C(=O)N1CCNC(c2ccccc2)C1.CC(C)(C)C(=O)N1CCOC(CN2CCCCC2)C1.CC(C)(C)C(=O)N1CCOC(Cc2ccccc2)C1.CC(C)(C)C(=O)N1CCOC(c2cccc(F)c2)C1.CC(C)(C)C(=O)N1CCOC(c2cccc(O)c2)C1.CC(C)(C)C(=O)N1CCOC(c2ccccc2F)C1.CC(C)(C)C(=O)N1CCOC(c2nccs2)C1.Cc1ccc(C2CN(C(=O)C(C)(C)C)CCO2)cc1. The van der Waals surface area contributed by atoms with Gasteiger partial charge < -0.3 is 87.7 Å². The molecule has 10 heterocycles. The minimum atomic E-state index is -0.420. The van der Waals surface area contributed by atoms with Crippen LogP contribution in [0.15, 0.2) is 169 Å². The van der Waals surface area contributed by atoms with Crippen LogP contribution in [0.25, 0.3) is 0 Å². The van der Waals surface area contributed by atoms with Crippen LogP contribution in [0.4, 0.5) is 8.78 Å². The van der Waals surface area contributed by atoms with Gasteiger partial charge in [0.15, 0.2) is 0 Å². The highest BCUT2D eigenvalue weighted by atomic mass is 32.1. The second-order valence-electron chi connectivity index (χ2n) is 48.2. The van der Waals surface area contributed by atoms with Crippen molar-refractivity contribution < 1.29 is 85.4 Å². The van der Waals surface area contributed by atoms with E-state index in [-0.39, 0.29) is 146 Å². The predicted molar refractivity (Wildman–Crippen MR) is 583 cm³/mol. The second kappa shape index (κ2) is 56.0. The van der Waals surface area contributed by atoms with Gasteiger partial charge in [-0.1, -0.05) is 306 Å². The lowest BCUT2D eigenvalue weighted by Gasteiger charge is -2.39.